The van der Waals surface area contributed by atoms with Gasteiger partial charge in [0.15, 0.2) is 6.04 Å². The molecule has 1 atom stereocenters. The summed E-state index contributed by atoms with van der Waals surface area (Å²) in [6, 6.07) is -1.51. The summed E-state index contributed by atoms with van der Waals surface area (Å²) in [5.74, 6) is -0.00620. The van der Waals surface area contributed by atoms with Gasteiger partial charge < -0.3 is 0 Å². The van der Waals surface area contributed by atoms with Crippen molar-refractivity contribution in [2.24, 2.45) is 10.6 Å². The van der Waals surface area contributed by atoms with Gasteiger partial charge in [-0.2, -0.15) is 4.91 Å². The summed E-state index contributed by atoms with van der Waals surface area (Å²) < 4.78 is 24.1. The molecule has 0 amide bonds. The van der Waals surface area contributed by atoms with Crippen LogP contribution >= 0.6 is 11.6 Å². The molecule has 66 valence electrons. The molecule has 11 heavy (non-hydrogen) atoms. The first-order valence-electron chi connectivity index (χ1n) is 3.12. The molecule has 0 spiro atoms. The van der Waals surface area contributed by atoms with Crippen molar-refractivity contribution in [2.45, 2.75) is 26.3 Å². The second-order valence-electron chi connectivity index (χ2n) is 3.01. The molecule has 0 saturated carbocycles. The van der Waals surface area contributed by atoms with Gasteiger partial charge in [-0.3, -0.25) is 0 Å². The maximum absolute atomic E-state index is 12.0. The highest BCUT2D eigenvalue weighted by Crippen LogP contribution is 2.29. The topological polar surface area (TPSA) is 29.4 Å². The van der Waals surface area contributed by atoms with Gasteiger partial charge in [-0.1, -0.05) is 19.0 Å². The smallest absolute Gasteiger partial charge is 0.208 e. The van der Waals surface area contributed by atoms with Crippen molar-refractivity contribution in [2.75, 3.05) is 5.88 Å². The first-order valence-corrected chi connectivity index (χ1v) is 3.65. The van der Waals surface area contributed by atoms with E-state index in [1.807, 2.05) is 0 Å². The Kier molecular flexibility index (Phi) is 3.86. The molecule has 0 heterocycles. The van der Waals surface area contributed by atoms with E-state index in [0.717, 1.165) is 0 Å². The van der Waals surface area contributed by atoms with E-state index < -0.39 is 17.9 Å². The largest absolute Gasteiger partial charge is 0.264 e. The van der Waals surface area contributed by atoms with E-state index in [-0.39, 0.29) is 5.88 Å². The SMILES string of the molecule is CC(C)(CCl)C(N=O)C(F)F. The Morgan fingerprint density at radius 3 is 2.09 bits per heavy atom. The standard InChI is InChI=1S/C6H10ClF2NO/c1-6(2,3-7)4(10-11)5(8)9/h4-5H,3H2,1-2H3. The van der Waals surface area contributed by atoms with Crippen LogP contribution in [0.15, 0.2) is 5.18 Å². The number of halogens is 3. The van der Waals surface area contributed by atoms with Crippen molar-refractivity contribution in [1.82, 2.24) is 0 Å². The summed E-state index contributed by atoms with van der Waals surface area (Å²) in [5.41, 5.74) is -0.933. The summed E-state index contributed by atoms with van der Waals surface area (Å²) in [6.45, 7) is 2.97. The zero-order valence-corrected chi connectivity index (χ0v) is 7.11. The predicted octanol–water partition coefficient (Wildman–Crippen LogP) is 2.65. The van der Waals surface area contributed by atoms with E-state index in [0.29, 0.717) is 0 Å². The number of alkyl halides is 3. The van der Waals surface area contributed by atoms with E-state index >= 15 is 0 Å². The summed E-state index contributed by atoms with van der Waals surface area (Å²) in [6.07, 6.45) is -2.73. The van der Waals surface area contributed by atoms with Gasteiger partial charge in [0.1, 0.15) is 0 Å². The highest BCUT2D eigenvalue weighted by atomic mass is 35.5. The third kappa shape index (κ3) is 2.69. The third-order valence-electron chi connectivity index (χ3n) is 1.50. The average Bonchev–Trinajstić information content (AvgIpc) is 1.88. The Bertz CT molecular complexity index is 141. The second-order valence-corrected chi connectivity index (χ2v) is 3.27. The fourth-order valence-electron chi connectivity index (χ4n) is 0.609. The van der Waals surface area contributed by atoms with Gasteiger partial charge in [-0.15, -0.1) is 11.6 Å². The van der Waals surface area contributed by atoms with Crippen LogP contribution in [0.4, 0.5) is 8.78 Å². The van der Waals surface area contributed by atoms with Crippen LogP contribution in [0, 0.1) is 10.3 Å². The van der Waals surface area contributed by atoms with Crippen LogP contribution in [-0.4, -0.2) is 18.3 Å². The fourth-order valence-corrected chi connectivity index (χ4v) is 0.767. The number of nitroso groups, excluding NO2 is 1. The van der Waals surface area contributed by atoms with Crippen molar-refractivity contribution in [3.63, 3.8) is 0 Å². The van der Waals surface area contributed by atoms with Crippen LogP contribution in [0.1, 0.15) is 13.8 Å². The fraction of sp³-hybridized carbons (Fsp3) is 1.00. The molecule has 0 aliphatic rings. The zero-order valence-electron chi connectivity index (χ0n) is 6.35. The van der Waals surface area contributed by atoms with Crippen LogP contribution in [0.3, 0.4) is 0 Å². The average molecular weight is 186 g/mol. The van der Waals surface area contributed by atoms with E-state index in [4.69, 9.17) is 11.6 Å². The van der Waals surface area contributed by atoms with E-state index in [2.05, 4.69) is 5.18 Å². The maximum Gasteiger partial charge on any atom is 0.264 e. The van der Waals surface area contributed by atoms with Gasteiger partial charge >= 0.3 is 0 Å². The van der Waals surface area contributed by atoms with Crippen LogP contribution in [0.5, 0.6) is 0 Å². The first kappa shape index (κ1) is 10.8. The van der Waals surface area contributed by atoms with Gasteiger partial charge in [0, 0.05) is 11.3 Å². The van der Waals surface area contributed by atoms with Crippen molar-refractivity contribution < 1.29 is 8.78 Å². The Balaban J connectivity index is 4.35. The molecule has 0 aromatic heterocycles. The molecule has 0 aromatic carbocycles. The lowest BCUT2D eigenvalue weighted by Crippen LogP contribution is -2.35. The molecule has 0 saturated heterocycles. The minimum Gasteiger partial charge on any atom is -0.208 e. The highest BCUT2D eigenvalue weighted by Gasteiger charge is 2.37. The number of hydrogen-bond donors (Lipinski definition) is 0. The number of rotatable bonds is 4. The molecule has 0 fully saturated rings. The van der Waals surface area contributed by atoms with Crippen LogP contribution < -0.4 is 0 Å². The van der Waals surface area contributed by atoms with E-state index in [1.165, 1.54) is 13.8 Å². The Hall–Kier alpha value is -0.250. The van der Waals surface area contributed by atoms with Gasteiger partial charge in [0.05, 0.1) is 0 Å². The third-order valence-corrected chi connectivity index (χ3v) is 2.19. The molecule has 0 aromatic rings. The minimum absolute atomic E-state index is 0.00620. The molecular formula is C6H10ClF2NO. The first-order chi connectivity index (χ1) is 4.95. The summed E-state index contributed by atoms with van der Waals surface area (Å²) >= 11 is 5.38. The molecule has 0 N–H and O–H groups in total. The molecule has 0 radical (unpaired) electrons. The van der Waals surface area contributed by atoms with Crippen molar-refractivity contribution >= 4 is 11.6 Å². The van der Waals surface area contributed by atoms with Crippen LogP contribution in [0.2, 0.25) is 0 Å². The molecule has 0 bridgehead atoms. The highest BCUT2D eigenvalue weighted by molar-refractivity contribution is 6.18. The van der Waals surface area contributed by atoms with Crippen molar-refractivity contribution in [3.8, 4) is 0 Å². The molecule has 1 unspecified atom stereocenters. The zero-order chi connectivity index (χ0) is 9.07. The monoisotopic (exact) mass is 185 g/mol. The quantitative estimate of drug-likeness (QED) is 0.489. The summed E-state index contributed by atoms with van der Waals surface area (Å²) in [4.78, 5) is 9.96. The summed E-state index contributed by atoms with van der Waals surface area (Å²) in [7, 11) is 0. The Morgan fingerprint density at radius 1 is 1.55 bits per heavy atom. The lowest BCUT2D eigenvalue weighted by atomic mass is 9.87. The Labute approximate surface area is 68.9 Å². The minimum atomic E-state index is -2.73. The molecule has 0 aliphatic heterocycles. The molecule has 0 rings (SSSR count). The van der Waals surface area contributed by atoms with E-state index in [1.54, 1.807) is 0 Å². The Morgan fingerprint density at radius 2 is 2.00 bits per heavy atom. The number of nitrogens with zero attached hydrogens (tertiary/aromatic N) is 1. The summed E-state index contributed by atoms with van der Waals surface area (Å²) in [5, 5.41) is 2.35. The maximum atomic E-state index is 12.0. The normalized spacial score (nSPS) is 15.1. The van der Waals surface area contributed by atoms with Gasteiger partial charge in [-0.05, 0) is 0 Å². The lowest BCUT2D eigenvalue weighted by Gasteiger charge is -2.25. The van der Waals surface area contributed by atoms with Crippen LogP contribution in [-0.2, 0) is 0 Å². The van der Waals surface area contributed by atoms with Crippen molar-refractivity contribution in [1.29, 1.82) is 0 Å². The lowest BCUT2D eigenvalue weighted by molar-refractivity contribution is 0.0676. The molecule has 0 aliphatic carbocycles. The van der Waals surface area contributed by atoms with Crippen LogP contribution in [0.25, 0.3) is 0 Å². The van der Waals surface area contributed by atoms with Gasteiger partial charge in [0.2, 0.25) is 0 Å². The van der Waals surface area contributed by atoms with Gasteiger partial charge in [-0.25, -0.2) is 8.78 Å². The van der Waals surface area contributed by atoms with Crippen molar-refractivity contribution in [3.05, 3.63) is 4.91 Å². The molecule has 5 heteroatoms. The van der Waals surface area contributed by atoms with E-state index in [9.17, 15) is 13.7 Å². The molecule has 2 nitrogen and oxygen atoms in total. The predicted molar refractivity (Wildman–Crippen MR) is 40.1 cm³/mol. The number of hydrogen-bond acceptors (Lipinski definition) is 2. The molecular weight excluding hydrogens is 176 g/mol. The van der Waals surface area contributed by atoms with Gasteiger partial charge in [0.25, 0.3) is 6.43 Å². The second kappa shape index (κ2) is 3.95.